The van der Waals surface area contributed by atoms with Gasteiger partial charge in [0.15, 0.2) is 0 Å². The second-order valence-corrected chi connectivity index (χ2v) is 4.84. The largest absolute Gasteiger partial charge is 0.481 e. The first-order valence-corrected chi connectivity index (χ1v) is 6.31. The standard InChI is InChI=1S/C12H22N2O3/c1-2-13-11(17)14-9-12(8-10(15)16)6-4-3-5-7-12/h2-9H2,1H3,(H,15,16)(H2,13,14,17). The van der Waals surface area contributed by atoms with E-state index in [0.717, 1.165) is 25.7 Å². The minimum Gasteiger partial charge on any atom is -0.481 e. The van der Waals surface area contributed by atoms with E-state index < -0.39 is 5.97 Å². The number of hydrogen-bond acceptors (Lipinski definition) is 2. The highest BCUT2D eigenvalue weighted by Crippen LogP contribution is 2.38. The number of carbonyl (C=O) groups excluding carboxylic acids is 1. The van der Waals surface area contributed by atoms with Gasteiger partial charge in [-0.15, -0.1) is 0 Å². The lowest BCUT2D eigenvalue weighted by Crippen LogP contribution is -2.44. The lowest BCUT2D eigenvalue weighted by Gasteiger charge is -2.36. The predicted molar refractivity (Wildman–Crippen MR) is 64.8 cm³/mol. The van der Waals surface area contributed by atoms with Crippen LogP contribution in [0.3, 0.4) is 0 Å². The van der Waals surface area contributed by atoms with Crippen molar-refractivity contribution in [1.29, 1.82) is 0 Å². The van der Waals surface area contributed by atoms with Crippen LogP contribution in [0.4, 0.5) is 4.79 Å². The summed E-state index contributed by atoms with van der Waals surface area (Å²) in [5.74, 6) is -0.774. The maximum Gasteiger partial charge on any atom is 0.314 e. The van der Waals surface area contributed by atoms with Crippen LogP contribution in [-0.2, 0) is 4.79 Å². The number of carboxylic acids is 1. The zero-order chi connectivity index (χ0) is 12.7. The number of urea groups is 1. The average molecular weight is 242 g/mol. The van der Waals surface area contributed by atoms with Gasteiger partial charge in [0, 0.05) is 13.1 Å². The minimum atomic E-state index is -0.774. The quantitative estimate of drug-likeness (QED) is 0.687. The number of aliphatic carboxylic acids is 1. The summed E-state index contributed by atoms with van der Waals surface area (Å²) in [5.41, 5.74) is -0.241. The Labute approximate surface area is 102 Å². The van der Waals surface area contributed by atoms with Gasteiger partial charge < -0.3 is 15.7 Å². The Hall–Kier alpha value is -1.26. The Bertz CT molecular complexity index is 273. The van der Waals surface area contributed by atoms with Crippen LogP contribution in [0.1, 0.15) is 45.4 Å². The number of carboxylic acid groups (broad SMARTS) is 1. The summed E-state index contributed by atoms with van der Waals surface area (Å²) in [5, 5.41) is 14.4. The van der Waals surface area contributed by atoms with E-state index >= 15 is 0 Å². The molecule has 2 amide bonds. The Morgan fingerprint density at radius 1 is 1.18 bits per heavy atom. The third-order valence-corrected chi connectivity index (χ3v) is 3.40. The second kappa shape index (κ2) is 6.47. The molecule has 1 aliphatic rings. The molecular weight excluding hydrogens is 220 g/mol. The van der Waals surface area contributed by atoms with Crippen LogP contribution in [0.25, 0.3) is 0 Å². The summed E-state index contributed by atoms with van der Waals surface area (Å²) in [6, 6.07) is -0.206. The van der Waals surface area contributed by atoms with E-state index in [1.54, 1.807) is 0 Å². The molecule has 1 fully saturated rings. The monoisotopic (exact) mass is 242 g/mol. The minimum absolute atomic E-state index is 0.152. The molecule has 1 saturated carbocycles. The zero-order valence-corrected chi connectivity index (χ0v) is 10.4. The smallest absolute Gasteiger partial charge is 0.314 e. The highest BCUT2D eigenvalue weighted by atomic mass is 16.4. The molecular formula is C12H22N2O3. The molecule has 0 atom stereocenters. The fourth-order valence-electron chi connectivity index (χ4n) is 2.53. The lowest BCUT2D eigenvalue weighted by molar-refractivity contribution is -0.140. The fourth-order valence-corrected chi connectivity index (χ4v) is 2.53. The summed E-state index contributed by atoms with van der Waals surface area (Å²) in [7, 11) is 0. The molecule has 1 rings (SSSR count). The van der Waals surface area contributed by atoms with Crippen molar-refractivity contribution >= 4 is 12.0 Å². The van der Waals surface area contributed by atoms with Gasteiger partial charge in [-0.1, -0.05) is 19.3 Å². The predicted octanol–water partition coefficient (Wildman–Crippen LogP) is 1.73. The van der Waals surface area contributed by atoms with Crippen molar-refractivity contribution in [2.45, 2.75) is 45.4 Å². The summed E-state index contributed by atoms with van der Waals surface area (Å²) in [6.07, 6.45) is 5.23. The summed E-state index contributed by atoms with van der Waals surface area (Å²) in [4.78, 5) is 22.3. The van der Waals surface area contributed by atoms with Crippen molar-refractivity contribution in [2.24, 2.45) is 5.41 Å². The Balaban J connectivity index is 2.51. The number of hydrogen-bond donors (Lipinski definition) is 3. The van der Waals surface area contributed by atoms with Gasteiger partial charge in [0.25, 0.3) is 0 Å². The SMILES string of the molecule is CCNC(=O)NCC1(CC(=O)O)CCCCC1. The number of nitrogens with one attached hydrogen (secondary N) is 2. The first-order valence-electron chi connectivity index (χ1n) is 6.31. The van der Waals surface area contributed by atoms with Crippen molar-refractivity contribution in [3.05, 3.63) is 0 Å². The molecule has 0 heterocycles. The van der Waals surface area contributed by atoms with E-state index in [1.807, 2.05) is 6.92 Å². The number of carbonyl (C=O) groups is 2. The summed E-state index contributed by atoms with van der Waals surface area (Å²) < 4.78 is 0. The average Bonchev–Trinajstić information content (AvgIpc) is 2.27. The highest BCUT2D eigenvalue weighted by molar-refractivity contribution is 5.74. The molecule has 0 aliphatic heterocycles. The molecule has 0 spiro atoms. The molecule has 3 N–H and O–H groups in total. The van der Waals surface area contributed by atoms with Crippen LogP contribution in [0.5, 0.6) is 0 Å². The van der Waals surface area contributed by atoms with Crippen LogP contribution < -0.4 is 10.6 Å². The molecule has 0 aromatic rings. The topological polar surface area (TPSA) is 78.4 Å². The van der Waals surface area contributed by atoms with Crippen LogP contribution in [0.2, 0.25) is 0 Å². The Kier molecular flexibility index (Phi) is 5.25. The van der Waals surface area contributed by atoms with Gasteiger partial charge in [0.1, 0.15) is 0 Å². The maximum absolute atomic E-state index is 11.3. The van der Waals surface area contributed by atoms with E-state index in [0.29, 0.717) is 13.1 Å². The third-order valence-electron chi connectivity index (χ3n) is 3.40. The summed E-state index contributed by atoms with van der Waals surface area (Å²) in [6.45, 7) is 2.90. The lowest BCUT2D eigenvalue weighted by atomic mass is 9.72. The molecule has 17 heavy (non-hydrogen) atoms. The Morgan fingerprint density at radius 2 is 1.82 bits per heavy atom. The molecule has 0 aromatic heterocycles. The van der Waals surface area contributed by atoms with Gasteiger partial charge in [0.2, 0.25) is 0 Å². The maximum atomic E-state index is 11.3. The molecule has 1 aliphatic carbocycles. The van der Waals surface area contributed by atoms with Crippen molar-refractivity contribution in [1.82, 2.24) is 10.6 Å². The van der Waals surface area contributed by atoms with Gasteiger partial charge in [-0.25, -0.2) is 4.79 Å². The van der Waals surface area contributed by atoms with Crippen LogP contribution in [-0.4, -0.2) is 30.2 Å². The van der Waals surface area contributed by atoms with E-state index in [-0.39, 0.29) is 17.9 Å². The van der Waals surface area contributed by atoms with Gasteiger partial charge in [0.05, 0.1) is 6.42 Å². The molecule has 0 radical (unpaired) electrons. The fraction of sp³-hybridized carbons (Fsp3) is 0.833. The van der Waals surface area contributed by atoms with E-state index in [1.165, 1.54) is 6.42 Å². The molecule has 0 saturated heterocycles. The van der Waals surface area contributed by atoms with E-state index in [4.69, 9.17) is 5.11 Å². The van der Waals surface area contributed by atoms with E-state index in [9.17, 15) is 9.59 Å². The first kappa shape index (κ1) is 13.8. The molecule has 0 bridgehead atoms. The molecule has 0 aromatic carbocycles. The zero-order valence-electron chi connectivity index (χ0n) is 10.4. The van der Waals surface area contributed by atoms with Gasteiger partial charge >= 0.3 is 12.0 Å². The van der Waals surface area contributed by atoms with E-state index in [2.05, 4.69) is 10.6 Å². The van der Waals surface area contributed by atoms with Crippen molar-refractivity contribution in [3.63, 3.8) is 0 Å². The van der Waals surface area contributed by atoms with Crippen LogP contribution in [0, 0.1) is 5.41 Å². The van der Waals surface area contributed by atoms with Gasteiger partial charge in [-0.2, -0.15) is 0 Å². The Morgan fingerprint density at radius 3 is 2.35 bits per heavy atom. The van der Waals surface area contributed by atoms with Crippen LogP contribution in [0.15, 0.2) is 0 Å². The number of rotatable bonds is 5. The normalized spacial score (nSPS) is 18.4. The summed E-state index contributed by atoms with van der Waals surface area (Å²) >= 11 is 0. The molecule has 5 heteroatoms. The van der Waals surface area contributed by atoms with Crippen LogP contribution >= 0.6 is 0 Å². The van der Waals surface area contributed by atoms with Gasteiger partial charge in [-0.05, 0) is 25.2 Å². The van der Waals surface area contributed by atoms with Crippen molar-refractivity contribution < 1.29 is 14.7 Å². The van der Waals surface area contributed by atoms with Gasteiger partial charge in [-0.3, -0.25) is 4.79 Å². The second-order valence-electron chi connectivity index (χ2n) is 4.84. The third kappa shape index (κ3) is 4.63. The highest BCUT2D eigenvalue weighted by Gasteiger charge is 2.34. The molecule has 98 valence electrons. The number of amides is 2. The van der Waals surface area contributed by atoms with Crippen molar-refractivity contribution in [3.8, 4) is 0 Å². The molecule has 0 unspecified atom stereocenters. The first-order chi connectivity index (χ1) is 8.08. The van der Waals surface area contributed by atoms with Crippen molar-refractivity contribution in [2.75, 3.05) is 13.1 Å². The molecule has 5 nitrogen and oxygen atoms in total.